The molecule has 126 valence electrons. The van der Waals surface area contributed by atoms with Crippen LogP contribution in [0.1, 0.15) is 11.3 Å². The SMILES string of the molecule is Cc1cnn(CC(=O)Nc2nc3ccc(-c4cn[nH]c4C)cn3n2)c1. The first kappa shape index (κ1) is 15.1. The van der Waals surface area contributed by atoms with Crippen molar-refractivity contribution in [3.05, 3.63) is 48.2 Å². The molecule has 0 bridgehead atoms. The second-order valence-electron chi connectivity index (χ2n) is 5.83. The molecule has 0 saturated carbocycles. The number of pyridine rings is 1. The predicted octanol–water partition coefficient (Wildman–Crippen LogP) is 1.57. The summed E-state index contributed by atoms with van der Waals surface area (Å²) in [6.45, 7) is 3.99. The van der Waals surface area contributed by atoms with Gasteiger partial charge in [-0.2, -0.15) is 15.2 Å². The Kier molecular flexibility index (Phi) is 3.53. The van der Waals surface area contributed by atoms with Crippen molar-refractivity contribution < 1.29 is 4.79 Å². The van der Waals surface area contributed by atoms with Gasteiger partial charge in [-0.05, 0) is 31.5 Å². The van der Waals surface area contributed by atoms with E-state index in [0.717, 1.165) is 22.4 Å². The number of aromatic nitrogens is 7. The van der Waals surface area contributed by atoms with E-state index >= 15 is 0 Å². The van der Waals surface area contributed by atoms with Crippen LogP contribution in [-0.4, -0.2) is 40.5 Å². The van der Waals surface area contributed by atoms with E-state index < -0.39 is 0 Å². The monoisotopic (exact) mass is 336 g/mol. The lowest BCUT2D eigenvalue weighted by Gasteiger charge is -2.00. The fourth-order valence-corrected chi connectivity index (χ4v) is 2.60. The molecule has 0 saturated heterocycles. The highest BCUT2D eigenvalue weighted by atomic mass is 16.2. The third-order valence-corrected chi connectivity index (χ3v) is 3.79. The van der Waals surface area contributed by atoms with Crippen LogP contribution in [0.4, 0.5) is 5.95 Å². The van der Waals surface area contributed by atoms with Gasteiger partial charge < -0.3 is 0 Å². The number of amides is 1. The number of fused-ring (bicyclic) bond motifs is 1. The van der Waals surface area contributed by atoms with Gasteiger partial charge in [-0.15, -0.1) is 5.10 Å². The second kappa shape index (κ2) is 5.86. The molecule has 0 fully saturated rings. The highest BCUT2D eigenvalue weighted by Crippen LogP contribution is 2.21. The number of hydrogen-bond donors (Lipinski definition) is 2. The Morgan fingerprint density at radius 3 is 2.84 bits per heavy atom. The minimum absolute atomic E-state index is 0.114. The maximum atomic E-state index is 12.1. The minimum atomic E-state index is -0.232. The van der Waals surface area contributed by atoms with Crippen LogP contribution in [0.2, 0.25) is 0 Å². The topological polar surface area (TPSA) is 106 Å². The van der Waals surface area contributed by atoms with Gasteiger partial charge in [0.05, 0.1) is 12.4 Å². The van der Waals surface area contributed by atoms with Gasteiger partial charge in [0.1, 0.15) is 6.54 Å². The molecule has 0 aromatic carbocycles. The number of rotatable bonds is 4. The Morgan fingerprint density at radius 1 is 1.24 bits per heavy atom. The van der Waals surface area contributed by atoms with E-state index in [9.17, 15) is 4.79 Å². The van der Waals surface area contributed by atoms with Crippen molar-refractivity contribution in [1.82, 2.24) is 34.6 Å². The van der Waals surface area contributed by atoms with Crippen LogP contribution < -0.4 is 5.32 Å². The summed E-state index contributed by atoms with van der Waals surface area (Å²) < 4.78 is 3.20. The first-order valence-corrected chi connectivity index (χ1v) is 7.74. The molecule has 9 heteroatoms. The van der Waals surface area contributed by atoms with Crippen molar-refractivity contribution in [3.8, 4) is 11.1 Å². The van der Waals surface area contributed by atoms with Crippen LogP contribution >= 0.6 is 0 Å². The lowest BCUT2D eigenvalue weighted by Crippen LogP contribution is -2.19. The Labute approximate surface area is 142 Å². The summed E-state index contributed by atoms with van der Waals surface area (Å²) in [4.78, 5) is 16.4. The van der Waals surface area contributed by atoms with Gasteiger partial charge in [-0.25, -0.2) is 4.52 Å². The van der Waals surface area contributed by atoms with E-state index in [0.29, 0.717) is 5.65 Å². The molecule has 0 spiro atoms. The van der Waals surface area contributed by atoms with E-state index in [2.05, 4.69) is 30.7 Å². The molecule has 2 N–H and O–H groups in total. The average Bonchev–Trinajstić information content (AvgIpc) is 3.26. The summed E-state index contributed by atoms with van der Waals surface area (Å²) >= 11 is 0. The second-order valence-corrected chi connectivity index (χ2v) is 5.83. The third-order valence-electron chi connectivity index (χ3n) is 3.79. The summed E-state index contributed by atoms with van der Waals surface area (Å²) in [6, 6.07) is 3.79. The molecule has 0 aliphatic heterocycles. The van der Waals surface area contributed by atoms with Crippen molar-refractivity contribution in [2.24, 2.45) is 0 Å². The lowest BCUT2D eigenvalue weighted by atomic mass is 10.1. The zero-order chi connectivity index (χ0) is 17.4. The molecule has 4 aromatic rings. The zero-order valence-electron chi connectivity index (χ0n) is 13.8. The van der Waals surface area contributed by atoms with Crippen LogP contribution in [0.5, 0.6) is 0 Å². The Morgan fingerprint density at radius 2 is 2.12 bits per heavy atom. The van der Waals surface area contributed by atoms with Crippen molar-refractivity contribution in [2.45, 2.75) is 20.4 Å². The quantitative estimate of drug-likeness (QED) is 0.588. The van der Waals surface area contributed by atoms with Gasteiger partial charge in [0.15, 0.2) is 5.65 Å². The number of anilines is 1. The highest BCUT2D eigenvalue weighted by Gasteiger charge is 2.11. The van der Waals surface area contributed by atoms with Crippen LogP contribution in [0, 0.1) is 13.8 Å². The van der Waals surface area contributed by atoms with E-state index in [1.165, 1.54) is 0 Å². The fraction of sp³-hybridized carbons (Fsp3) is 0.188. The molecule has 4 aromatic heterocycles. The largest absolute Gasteiger partial charge is 0.292 e. The van der Waals surface area contributed by atoms with Crippen LogP contribution in [-0.2, 0) is 11.3 Å². The van der Waals surface area contributed by atoms with Crippen molar-refractivity contribution >= 4 is 17.5 Å². The summed E-state index contributed by atoms with van der Waals surface area (Å²) in [5.74, 6) is 0.0276. The van der Waals surface area contributed by atoms with E-state index in [-0.39, 0.29) is 18.4 Å². The number of carbonyl (C=O) groups is 1. The molecule has 25 heavy (non-hydrogen) atoms. The van der Waals surface area contributed by atoms with Gasteiger partial charge >= 0.3 is 0 Å². The number of nitrogens with zero attached hydrogens (tertiary/aromatic N) is 6. The molecule has 1 amide bonds. The van der Waals surface area contributed by atoms with Gasteiger partial charge in [0.2, 0.25) is 11.9 Å². The average molecular weight is 336 g/mol. The van der Waals surface area contributed by atoms with E-state index in [1.807, 2.05) is 32.2 Å². The minimum Gasteiger partial charge on any atom is -0.292 e. The predicted molar refractivity (Wildman–Crippen MR) is 90.9 cm³/mol. The molecular formula is C16H16N8O. The first-order chi connectivity index (χ1) is 12.1. The van der Waals surface area contributed by atoms with Crippen molar-refractivity contribution in [3.63, 3.8) is 0 Å². The molecule has 0 radical (unpaired) electrons. The number of aryl methyl sites for hydroxylation is 2. The Hall–Kier alpha value is -3.49. The normalized spacial score (nSPS) is 11.1. The zero-order valence-corrected chi connectivity index (χ0v) is 13.8. The van der Waals surface area contributed by atoms with Gasteiger partial charge in [0.25, 0.3) is 0 Å². The molecule has 0 atom stereocenters. The number of carbonyl (C=O) groups excluding carboxylic acids is 1. The number of nitrogens with one attached hydrogen (secondary N) is 2. The number of aromatic amines is 1. The standard InChI is InChI=1S/C16H16N8O/c1-10-5-18-23(7-10)9-15(25)20-16-19-14-4-3-12(8-24(14)22-16)13-6-17-21-11(13)2/h3-8H,9H2,1-2H3,(H,17,21)(H,20,22,25). The van der Waals surface area contributed by atoms with Gasteiger partial charge in [0, 0.05) is 29.2 Å². The molecule has 0 unspecified atom stereocenters. The van der Waals surface area contributed by atoms with Crippen LogP contribution in [0.3, 0.4) is 0 Å². The molecule has 0 aliphatic carbocycles. The summed E-state index contributed by atoms with van der Waals surface area (Å²) in [5.41, 5.74) is 4.59. The van der Waals surface area contributed by atoms with Crippen LogP contribution in [0.15, 0.2) is 36.9 Å². The molecule has 4 heterocycles. The van der Waals surface area contributed by atoms with Crippen molar-refractivity contribution in [1.29, 1.82) is 0 Å². The molecule has 0 aliphatic rings. The maximum Gasteiger partial charge on any atom is 0.249 e. The summed E-state index contributed by atoms with van der Waals surface area (Å²) in [7, 11) is 0. The van der Waals surface area contributed by atoms with E-state index in [4.69, 9.17) is 0 Å². The third kappa shape index (κ3) is 2.99. The molecule has 4 rings (SSSR count). The maximum absolute atomic E-state index is 12.1. The van der Waals surface area contributed by atoms with Gasteiger partial charge in [-0.3, -0.25) is 19.9 Å². The smallest absolute Gasteiger partial charge is 0.249 e. The highest BCUT2D eigenvalue weighted by molar-refractivity contribution is 5.88. The molecule has 9 nitrogen and oxygen atoms in total. The lowest BCUT2D eigenvalue weighted by molar-refractivity contribution is -0.116. The molecular weight excluding hydrogens is 320 g/mol. The van der Waals surface area contributed by atoms with E-state index in [1.54, 1.807) is 27.8 Å². The number of hydrogen-bond acceptors (Lipinski definition) is 5. The number of H-pyrrole nitrogens is 1. The van der Waals surface area contributed by atoms with Crippen LogP contribution in [0.25, 0.3) is 16.8 Å². The van der Waals surface area contributed by atoms with Crippen molar-refractivity contribution in [2.75, 3.05) is 5.32 Å². The van der Waals surface area contributed by atoms with Gasteiger partial charge in [-0.1, -0.05) is 0 Å². The first-order valence-electron chi connectivity index (χ1n) is 7.74. The fourth-order valence-electron chi connectivity index (χ4n) is 2.60. The Balaban J connectivity index is 1.55. The summed E-state index contributed by atoms with van der Waals surface area (Å²) in [6.07, 6.45) is 7.13. The Bertz CT molecular complexity index is 1060. The summed E-state index contributed by atoms with van der Waals surface area (Å²) in [5, 5.41) is 18.0.